The molecule has 1 fully saturated rings. The highest BCUT2D eigenvalue weighted by atomic mass is 32.2. The molecule has 0 radical (unpaired) electrons. The number of rotatable bonds is 8. The first-order valence-electron chi connectivity index (χ1n) is 10.7. The van der Waals surface area contributed by atoms with E-state index in [1.54, 1.807) is 32.2 Å². The number of methoxy groups -OCH3 is 1. The van der Waals surface area contributed by atoms with E-state index in [0.29, 0.717) is 30.0 Å². The number of carbonyl (C=O) groups excluding carboxylic acids is 1. The normalized spacial score (nSPS) is 14.3. The predicted molar refractivity (Wildman–Crippen MR) is 127 cm³/mol. The van der Waals surface area contributed by atoms with Gasteiger partial charge in [0, 0.05) is 45.4 Å². The van der Waals surface area contributed by atoms with Crippen LogP contribution in [0.15, 0.2) is 35.2 Å². The molecule has 9 heteroatoms. The van der Waals surface area contributed by atoms with Crippen LogP contribution >= 0.6 is 0 Å². The third kappa shape index (κ3) is 5.59. The lowest BCUT2D eigenvalue weighted by atomic mass is 10.1. The first-order valence-corrected chi connectivity index (χ1v) is 12.2. The summed E-state index contributed by atoms with van der Waals surface area (Å²) in [7, 11) is -2.29. The van der Waals surface area contributed by atoms with E-state index in [-0.39, 0.29) is 10.8 Å². The standard InChI is InChI=1S/C23H32N4O4S/c1-16-13-18(3)22(14-17(16)2)32(29,30)26-20-15-19(23(28)25-9-12-31-4)5-6-21(20)27-10-7-24-8-11-27/h5-6,13-15,24,26H,7-12H2,1-4H3,(H,25,28). The van der Waals surface area contributed by atoms with Crippen LogP contribution in [0.25, 0.3) is 0 Å². The van der Waals surface area contributed by atoms with Crippen LogP contribution in [-0.2, 0) is 14.8 Å². The summed E-state index contributed by atoms with van der Waals surface area (Å²) in [5.41, 5.74) is 4.16. The zero-order valence-electron chi connectivity index (χ0n) is 19.1. The van der Waals surface area contributed by atoms with Crippen LogP contribution < -0.4 is 20.3 Å². The van der Waals surface area contributed by atoms with Gasteiger partial charge in [0.2, 0.25) is 0 Å². The molecular weight excluding hydrogens is 428 g/mol. The average Bonchev–Trinajstić information content (AvgIpc) is 2.76. The average molecular weight is 461 g/mol. The highest BCUT2D eigenvalue weighted by molar-refractivity contribution is 7.92. The third-order valence-electron chi connectivity index (χ3n) is 5.63. The minimum absolute atomic E-state index is 0.238. The van der Waals surface area contributed by atoms with Crippen molar-refractivity contribution in [2.45, 2.75) is 25.7 Å². The molecule has 0 aliphatic carbocycles. The van der Waals surface area contributed by atoms with Gasteiger partial charge in [0.25, 0.3) is 15.9 Å². The van der Waals surface area contributed by atoms with Gasteiger partial charge in [-0.15, -0.1) is 0 Å². The molecule has 0 saturated carbocycles. The van der Waals surface area contributed by atoms with Crippen molar-refractivity contribution in [2.24, 2.45) is 0 Å². The number of aryl methyl sites for hydroxylation is 3. The Hall–Kier alpha value is -2.62. The molecule has 174 valence electrons. The molecule has 2 aromatic carbocycles. The molecule has 32 heavy (non-hydrogen) atoms. The minimum atomic E-state index is -3.85. The van der Waals surface area contributed by atoms with E-state index in [1.165, 1.54) is 0 Å². The van der Waals surface area contributed by atoms with Crippen molar-refractivity contribution < 1.29 is 17.9 Å². The van der Waals surface area contributed by atoms with Gasteiger partial charge in [-0.2, -0.15) is 0 Å². The molecule has 2 aromatic rings. The summed E-state index contributed by atoms with van der Waals surface area (Å²) in [5, 5.41) is 6.08. The minimum Gasteiger partial charge on any atom is -0.383 e. The van der Waals surface area contributed by atoms with Crippen molar-refractivity contribution in [2.75, 3.05) is 56.1 Å². The fraction of sp³-hybridized carbons (Fsp3) is 0.435. The number of amides is 1. The number of carbonyl (C=O) groups is 1. The molecule has 1 saturated heterocycles. The van der Waals surface area contributed by atoms with E-state index < -0.39 is 10.0 Å². The second-order valence-electron chi connectivity index (χ2n) is 8.03. The van der Waals surface area contributed by atoms with E-state index in [9.17, 15) is 13.2 Å². The zero-order chi connectivity index (χ0) is 23.3. The number of anilines is 2. The number of sulfonamides is 1. The Kier molecular flexibility index (Phi) is 7.76. The van der Waals surface area contributed by atoms with Crippen LogP contribution in [0.1, 0.15) is 27.0 Å². The fourth-order valence-corrected chi connectivity index (χ4v) is 5.11. The highest BCUT2D eigenvalue weighted by Gasteiger charge is 2.23. The Morgan fingerprint density at radius 2 is 1.75 bits per heavy atom. The first-order chi connectivity index (χ1) is 15.2. The quantitative estimate of drug-likeness (QED) is 0.523. The van der Waals surface area contributed by atoms with Crippen LogP contribution in [0.2, 0.25) is 0 Å². The zero-order valence-corrected chi connectivity index (χ0v) is 19.9. The summed E-state index contributed by atoms with van der Waals surface area (Å²) >= 11 is 0. The van der Waals surface area contributed by atoms with Gasteiger partial charge in [0.05, 0.1) is 22.9 Å². The molecule has 0 aromatic heterocycles. The Balaban J connectivity index is 1.98. The topological polar surface area (TPSA) is 99.8 Å². The smallest absolute Gasteiger partial charge is 0.262 e. The Morgan fingerprint density at radius 3 is 2.44 bits per heavy atom. The third-order valence-corrected chi connectivity index (χ3v) is 7.14. The summed E-state index contributed by atoms with van der Waals surface area (Å²) in [6.45, 7) is 9.52. The molecule has 0 bridgehead atoms. The van der Waals surface area contributed by atoms with Gasteiger partial charge in [-0.05, 0) is 61.7 Å². The molecule has 1 aliphatic rings. The summed E-state index contributed by atoms with van der Waals surface area (Å²) < 4.78 is 34.4. The molecule has 1 heterocycles. The van der Waals surface area contributed by atoms with Crippen LogP contribution in [-0.4, -0.2) is 60.8 Å². The molecule has 3 N–H and O–H groups in total. The molecule has 8 nitrogen and oxygen atoms in total. The molecule has 0 atom stereocenters. The van der Waals surface area contributed by atoms with Gasteiger partial charge in [0.1, 0.15) is 0 Å². The SMILES string of the molecule is COCCNC(=O)c1ccc(N2CCNCC2)c(NS(=O)(=O)c2cc(C)c(C)cc2C)c1. The number of hydrogen-bond donors (Lipinski definition) is 3. The number of piperazine rings is 1. The van der Waals surface area contributed by atoms with Crippen molar-refractivity contribution in [1.82, 2.24) is 10.6 Å². The number of nitrogens with one attached hydrogen (secondary N) is 3. The summed E-state index contributed by atoms with van der Waals surface area (Å²) in [6, 6.07) is 8.70. The lowest BCUT2D eigenvalue weighted by Crippen LogP contribution is -2.43. The lowest BCUT2D eigenvalue weighted by Gasteiger charge is -2.31. The number of hydrogen-bond acceptors (Lipinski definition) is 6. The van der Waals surface area contributed by atoms with Crippen LogP contribution in [0, 0.1) is 20.8 Å². The first kappa shape index (κ1) is 24.0. The van der Waals surface area contributed by atoms with Crippen LogP contribution in [0.5, 0.6) is 0 Å². The van der Waals surface area contributed by atoms with E-state index in [0.717, 1.165) is 43.0 Å². The molecular formula is C23H32N4O4S. The van der Waals surface area contributed by atoms with Gasteiger partial charge in [-0.25, -0.2) is 8.42 Å². The highest BCUT2D eigenvalue weighted by Crippen LogP contribution is 2.31. The van der Waals surface area contributed by atoms with Crippen molar-refractivity contribution in [1.29, 1.82) is 0 Å². The molecule has 3 rings (SSSR count). The predicted octanol–water partition coefficient (Wildman–Crippen LogP) is 2.20. The molecule has 1 aliphatic heterocycles. The Labute approximate surface area is 190 Å². The van der Waals surface area contributed by atoms with Crippen molar-refractivity contribution in [3.8, 4) is 0 Å². The molecule has 1 amide bonds. The Bertz CT molecular complexity index is 1080. The molecule has 0 spiro atoms. The maximum absolute atomic E-state index is 13.4. The van der Waals surface area contributed by atoms with Crippen molar-refractivity contribution >= 4 is 27.3 Å². The van der Waals surface area contributed by atoms with Gasteiger partial charge >= 0.3 is 0 Å². The summed E-state index contributed by atoms with van der Waals surface area (Å²) in [5.74, 6) is -0.281. The van der Waals surface area contributed by atoms with Crippen molar-refractivity contribution in [3.05, 3.63) is 52.6 Å². The maximum Gasteiger partial charge on any atom is 0.262 e. The number of ether oxygens (including phenoxy) is 1. The van der Waals surface area contributed by atoms with Gasteiger partial charge in [-0.3, -0.25) is 9.52 Å². The monoisotopic (exact) mass is 460 g/mol. The van der Waals surface area contributed by atoms with E-state index in [2.05, 4.69) is 20.3 Å². The van der Waals surface area contributed by atoms with Crippen molar-refractivity contribution in [3.63, 3.8) is 0 Å². The number of benzene rings is 2. The second kappa shape index (κ2) is 10.3. The summed E-state index contributed by atoms with van der Waals surface area (Å²) in [6.07, 6.45) is 0. The van der Waals surface area contributed by atoms with Crippen LogP contribution in [0.3, 0.4) is 0 Å². The van der Waals surface area contributed by atoms with Crippen LogP contribution in [0.4, 0.5) is 11.4 Å². The van der Waals surface area contributed by atoms with E-state index in [4.69, 9.17) is 4.74 Å². The summed E-state index contributed by atoms with van der Waals surface area (Å²) in [4.78, 5) is 14.9. The maximum atomic E-state index is 13.4. The lowest BCUT2D eigenvalue weighted by molar-refractivity contribution is 0.0937. The number of nitrogens with zero attached hydrogens (tertiary/aromatic N) is 1. The fourth-order valence-electron chi connectivity index (χ4n) is 3.73. The van der Waals surface area contributed by atoms with E-state index >= 15 is 0 Å². The van der Waals surface area contributed by atoms with Gasteiger partial charge in [-0.1, -0.05) is 6.07 Å². The van der Waals surface area contributed by atoms with Gasteiger partial charge in [0.15, 0.2) is 0 Å². The van der Waals surface area contributed by atoms with E-state index in [1.807, 2.05) is 26.0 Å². The van der Waals surface area contributed by atoms with Gasteiger partial charge < -0.3 is 20.3 Å². The second-order valence-corrected chi connectivity index (χ2v) is 9.68. The Morgan fingerprint density at radius 1 is 1.06 bits per heavy atom. The molecule has 0 unspecified atom stereocenters. The largest absolute Gasteiger partial charge is 0.383 e.